The van der Waals surface area contributed by atoms with E-state index >= 15 is 0 Å². The average molecular weight is 271 g/mol. The molecule has 0 fully saturated rings. The van der Waals surface area contributed by atoms with Crippen molar-refractivity contribution >= 4 is 24.0 Å². The molecule has 18 heavy (non-hydrogen) atoms. The molecule has 1 amide bonds. The quantitative estimate of drug-likeness (QED) is 0.887. The largest absolute Gasteiger partial charge is 0.322 e. The molecule has 1 N–H and O–H groups in total. The molecule has 0 heterocycles. The minimum Gasteiger partial charge on any atom is -0.322 e. The topological polar surface area (TPSA) is 49.4 Å². The van der Waals surface area contributed by atoms with E-state index in [9.17, 15) is 9.59 Å². The van der Waals surface area contributed by atoms with Gasteiger partial charge in [0.1, 0.15) is 0 Å². The minimum atomic E-state index is -0.178. The summed E-state index contributed by atoms with van der Waals surface area (Å²) in [7, 11) is 0. The van der Waals surface area contributed by atoms with Crippen LogP contribution in [0.15, 0.2) is 35.1 Å². The lowest BCUT2D eigenvalue weighted by atomic mass is 10.4. The molecule has 0 aliphatic heterocycles. The summed E-state index contributed by atoms with van der Waals surface area (Å²) in [6.07, 6.45) is 0. The van der Waals surface area contributed by atoms with Crippen molar-refractivity contribution in [3.8, 4) is 0 Å². The van der Waals surface area contributed by atoms with Gasteiger partial charge in [-0.2, -0.15) is 0 Å². The van der Waals surface area contributed by atoms with Gasteiger partial charge in [0, 0.05) is 0 Å². The molecule has 0 atom stereocenters. The third kappa shape index (κ3) is 5.29. The molecule has 0 saturated carbocycles. The average Bonchev–Trinajstić information content (AvgIpc) is 2.52. The smallest absolute Gasteiger partial charge is 0.238 e. The molecule has 0 saturated heterocycles. The fourth-order valence-corrected chi connectivity index (χ4v) is 1.47. The van der Waals surface area contributed by atoms with Gasteiger partial charge in [-0.05, 0) is 25.2 Å². The van der Waals surface area contributed by atoms with Gasteiger partial charge >= 0.3 is 0 Å². The molecule has 0 unspecified atom stereocenters. The van der Waals surface area contributed by atoms with Crippen LogP contribution in [0.25, 0.3) is 0 Å². The molecule has 1 aromatic rings. The maximum absolute atomic E-state index is 11.7. The molecule has 0 aromatic heterocycles. The van der Waals surface area contributed by atoms with Gasteiger partial charge in [-0.15, -0.1) is 12.4 Å². The van der Waals surface area contributed by atoms with Crippen LogP contribution < -0.4 is 10.7 Å². The van der Waals surface area contributed by atoms with E-state index < -0.39 is 0 Å². The summed E-state index contributed by atoms with van der Waals surface area (Å²) in [6, 6.07) is 8.19. The summed E-state index contributed by atoms with van der Waals surface area (Å²) < 4.78 is 0. The van der Waals surface area contributed by atoms with E-state index in [1.54, 1.807) is 24.3 Å². The Labute approximate surface area is 113 Å². The van der Waals surface area contributed by atoms with Crippen LogP contribution in [0, 0.1) is 0 Å². The van der Waals surface area contributed by atoms with Crippen LogP contribution in [-0.2, 0) is 4.79 Å². The number of hydrogen-bond donors (Lipinski definition) is 1. The first-order valence-corrected chi connectivity index (χ1v) is 5.79. The zero-order valence-electron chi connectivity index (χ0n) is 10.7. The second kappa shape index (κ2) is 8.66. The molecule has 0 radical (unpaired) electrons. The number of rotatable bonds is 5. The van der Waals surface area contributed by atoms with Crippen molar-refractivity contribution in [3.05, 3.63) is 40.6 Å². The van der Waals surface area contributed by atoms with E-state index in [0.717, 1.165) is 13.1 Å². The van der Waals surface area contributed by atoms with Crippen molar-refractivity contribution in [3.63, 3.8) is 0 Å². The van der Waals surface area contributed by atoms with Crippen molar-refractivity contribution in [1.29, 1.82) is 0 Å². The Hall–Kier alpha value is -1.39. The van der Waals surface area contributed by atoms with Gasteiger partial charge in [0.15, 0.2) is 0 Å². The molecule has 1 aromatic carbocycles. The standard InChI is InChI=1S/C13H18N2O2.ClH/c1-3-15(4-2)10-13(17)14-11-8-6-5-7-9-12(11)16;/h5-9H,3-4,10H2,1-2H3,(H,14,16,17);1H. The van der Waals surface area contributed by atoms with Crippen LogP contribution in [0.4, 0.5) is 5.69 Å². The van der Waals surface area contributed by atoms with Gasteiger partial charge in [-0.3, -0.25) is 14.5 Å². The minimum absolute atomic E-state index is 0. The predicted octanol–water partition coefficient (Wildman–Crippen LogP) is 1.75. The van der Waals surface area contributed by atoms with Crippen molar-refractivity contribution in [1.82, 2.24) is 4.90 Å². The van der Waals surface area contributed by atoms with E-state index in [1.165, 1.54) is 6.07 Å². The van der Waals surface area contributed by atoms with Gasteiger partial charge in [0.05, 0.1) is 12.2 Å². The first kappa shape index (κ1) is 16.6. The third-order valence-electron chi connectivity index (χ3n) is 2.53. The fraction of sp³-hybridized carbons (Fsp3) is 0.385. The Bertz CT molecular complexity index is 433. The lowest BCUT2D eigenvalue weighted by molar-refractivity contribution is -0.117. The Balaban J connectivity index is 0.00000289. The molecule has 0 bridgehead atoms. The first-order chi connectivity index (χ1) is 8.17. The van der Waals surface area contributed by atoms with Crippen LogP contribution >= 0.6 is 12.4 Å². The molecule has 5 heteroatoms. The SMILES string of the molecule is CCN(CC)CC(=O)Nc1cccccc1=O.Cl. The fourth-order valence-electron chi connectivity index (χ4n) is 1.47. The molecule has 0 spiro atoms. The second-order valence-electron chi connectivity index (χ2n) is 3.70. The molecule has 0 aliphatic rings. The maximum Gasteiger partial charge on any atom is 0.238 e. The van der Waals surface area contributed by atoms with Crippen LogP contribution in [0.1, 0.15) is 13.8 Å². The zero-order valence-corrected chi connectivity index (χ0v) is 11.5. The Morgan fingerprint density at radius 3 is 2.39 bits per heavy atom. The summed E-state index contributed by atoms with van der Waals surface area (Å²) in [5.74, 6) is -0.156. The second-order valence-corrected chi connectivity index (χ2v) is 3.70. The summed E-state index contributed by atoms with van der Waals surface area (Å²) >= 11 is 0. The molecular formula is C13H19ClN2O2. The summed E-state index contributed by atoms with van der Waals surface area (Å²) in [6.45, 7) is 5.94. The van der Waals surface area contributed by atoms with Gasteiger partial charge in [0.2, 0.25) is 11.3 Å². The number of halogens is 1. The Morgan fingerprint density at radius 2 is 1.78 bits per heavy atom. The molecule has 1 rings (SSSR count). The highest BCUT2D eigenvalue weighted by atomic mass is 35.5. The van der Waals surface area contributed by atoms with Gasteiger partial charge < -0.3 is 5.32 Å². The number of anilines is 1. The van der Waals surface area contributed by atoms with E-state index in [1.807, 2.05) is 18.7 Å². The van der Waals surface area contributed by atoms with Gasteiger partial charge in [-0.25, -0.2) is 0 Å². The highest BCUT2D eigenvalue weighted by molar-refractivity contribution is 5.92. The van der Waals surface area contributed by atoms with Crippen LogP contribution in [0.5, 0.6) is 0 Å². The van der Waals surface area contributed by atoms with Crippen molar-refractivity contribution in [2.45, 2.75) is 13.8 Å². The van der Waals surface area contributed by atoms with E-state index in [4.69, 9.17) is 0 Å². The lowest BCUT2D eigenvalue weighted by Crippen LogP contribution is -2.33. The first-order valence-electron chi connectivity index (χ1n) is 5.79. The number of nitrogens with zero attached hydrogens (tertiary/aromatic N) is 1. The Kier molecular flexibility index (Phi) is 8.00. The van der Waals surface area contributed by atoms with E-state index in [0.29, 0.717) is 12.2 Å². The number of amides is 1. The number of nitrogens with one attached hydrogen (secondary N) is 1. The maximum atomic E-state index is 11.7. The number of carbonyl (C=O) groups is 1. The highest BCUT2D eigenvalue weighted by Crippen LogP contribution is 1.97. The van der Waals surface area contributed by atoms with Crippen LogP contribution in [0.3, 0.4) is 0 Å². The molecule has 0 aliphatic carbocycles. The van der Waals surface area contributed by atoms with Crippen molar-refractivity contribution < 1.29 is 4.79 Å². The monoisotopic (exact) mass is 270 g/mol. The van der Waals surface area contributed by atoms with E-state index in [2.05, 4.69) is 5.32 Å². The molecule has 100 valence electrons. The van der Waals surface area contributed by atoms with Crippen molar-refractivity contribution in [2.75, 3.05) is 25.0 Å². The summed E-state index contributed by atoms with van der Waals surface area (Å²) in [5.41, 5.74) is 0.148. The van der Waals surface area contributed by atoms with Gasteiger partial charge in [-0.1, -0.05) is 32.0 Å². The van der Waals surface area contributed by atoms with Gasteiger partial charge in [0.25, 0.3) is 0 Å². The third-order valence-corrected chi connectivity index (χ3v) is 2.53. The van der Waals surface area contributed by atoms with Crippen molar-refractivity contribution in [2.24, 2.45) is 0 Å². The molecular weight excluding hydrogens is 252 g/mol. The normalized spacial score (nSPS) is 9.72. The van der Waals surface area contributed by atoms with Crippen LogP contribution in [-0.4, -0.2) is 30.4 Å². The number of carbonyl (C=O) groups excluding carboxylic acids is 1. The number of likely N-dealkylation sites (N-methyl/N-ethyl adjacent to an activating group) is 1. The van der Waals surface area contributed by atoms with E-state index in [-0.39, 0.29) is 23.7 Å². The Morgan fingerprint density at radius 1 is 1.17 bits per heavy atom. The predicted molar refractivity (Wildman–Crippen MR) is 76.4 cm³/mol. The summed E-state index contributed by atoms with van der Waals surface area (Å²) in [5, 5.41) is 2.64. The zero-order chi connectivity index (χ0) is 12.7. The highest BCUT2D eigenvalue weighted by Gasteiger charge is 2.08. The lowest BCUT2D eigenvalue weighted by Gasteiger charge is -2.16. The summed E-state index contributed by atoms with van der Waals surface area (Å²) in [4.78, 5) is 25.2. The van der Waals surface area contributed by atoms with Crippen LogP contribution in [0.2, 0.25) is 0 Å². The molecule has 4 nitrogen and oxygen atoms in total. The number of hydrogen-bond acceptors (Lipinski definition) is 3.